The molecule has 156 valence electrons. The number of hydrogen-bond acceptors (Lipinski definition) is 5. The lowest BCUT2D eigenvalue weighted by Crippen LogP contribution is -2.17. The van der Waals surface area contributed by atoms with Crippen LogP contribution in [0.5, 0.6) is 0 Å². The van der Waals surface area contributed by atoms with Gasteiger partial charge in [0.15, 0.2) is 0 Å². The molecule has 2 amide bonds. The van der Waals surface area contributed by atoms with Crippen LogP contribution in [0.15, 0.2) is 53.9 Å². The highest BCUT2D eigenvalue weighted by Crippen LogP contribution is 2.33. The number of rotatable bonds is 6. The van der Waals surface area contributed by atoms with Crippen LogP contribution < -0.4 is 10.6 Å². The van der Waals surface area contributed by atoms with Gasteiger partial charge in [-0.3, -0.25) is 9.59 Å². The van der Waals surface area contributed by atoms with Crippen molar-refractivity contribution in [3.8, 4) is 10.6 Å². The van der Waals surface area contributed by atoms with Gasteiger partial charge in [-0.2, -0.15) is 13.2 Å². The molecule has 30 heavy (non-hydrogen) atoms. The zero-order chi connectivity index (χ0) is 21.7. The van der Waals surface area contributed by atoms with Gasteiger partial charge in [0.25, 0.3) is 5.91 Å². The van der Waals surface area contributed by atoms with Gasteiger partial charge in [-0.15, -0.1) is 11.3 Å². The largest absolute Gasteiger partial charge is 0.416 e. The molecule has 0 saturated heterocycles. The Morgan fingerprint density at radius 1 is 1.07 bits per heavy atom. The summed E-state index contributed by atoms with van der Waals surface area (Å²) in [7, 11) is 1.41. The molecule has 0 radical (unpaired) electrons. The van der Waals surface area contributed by atoms with Crippen molar-refractivity contribution in [2.24, 2.45) is 0 Å². The highest BCUT2D eigenvalue weighted by molar-refractivity contribution is 7.13. The number of benzene rings is 2. The first-order valence-corrected chi connectivity index (χ1v) is 9.47. The molecule has 0 spiro atoms. The summed E-state index contributed by atoms with van der Waals surface area (Å²) in [5, 5.41) is 7.06. The molecule has 2 N–H and O–H groups in total. The van der Waals surface area contributed by atoms with E-state index in [-0.39, 0.29) is 23.8 Å². The van der Waals surface area contributed by atoms with Crippen molar-refractivity contribution in [1.29, 1.82) is 0 Å². The molecular formula is C20H16F3N3O3S. The van der Waals surface area contributed by atoms with Crippen LogP contribution in [0, 0.1) is 0 Å². The maximum Gasteiger partial charge on any atom is 0.416 e. The molecule has 6 nitrogen and oxygen atoms in total. The van der Waals surface area contributed by atoms with Crippen molar-refractivity contribution >= 4 is 34.5 Å². The first-order chi connectivity index (χ1) is 14.3. The van der Waals surface area contributed by atoms with Gasteiger partial charge in [0.2, 0.25) is 5.91 Å². The SMILES string of the molecule is COCC(=O)Nc1ccc(NC(=O)c2csc(-c3cccc(C(F)(F)F)c3)n2)cc1. The molecule has 0 aliphatic heterocycles. The fourth-order valence-electron chi connectivity index (χ4n) is 2.50. The standard InChI is InChI=1S/C20H16F3N3O3S/c1-29-10-17(27)24-14-5-7-15(8-6-14)25-18(28)16-11-30-19(26-16)12-3-2-4-13(9-12)20(21,22)23/h2-9,11H,10H2,1H3,(H,24,27)(H,25,28). The fourth-order valence-corrected chi connectivity index (χ4v) is 3.30. The minimum atomic E-state index is -4.46. The highest BCUT2D eigenvalue weighted by atomic mass is 32.1. The maximum atomic E-state index is 12.9. The number of thiazole rings is 1. The lowest BCUT2D eigenvalue weighted by atomic mass is 10.1. The minimum absolute atomic E-state index is 0.0729. The Morgan fingerprint density at radius 3 is 2.37 bits per heavy atom. The number of halogens is 3. The van der Waals surface area contributed by atoms with Gasteiger partial charge in [-0.05, 0) is 36.4 Å². The van der Waals surface area contributed by atoms with Gasteiger partial charge in [0, 0.05) is 29.4 Å². The Balaban J connectivity index is 1.68. The number of hydrogen-bond donors (Lipinski definition) is 2. The second kappa shape index (κ2) is 9.06. The second-order valence-electron chi connectivity index (χ2n) is 6.13. The van der Waals surface area contributed by atoms with E-state index in [0.29, 0.717) is 16.4 Å². The summed E-state index contributed by atoms with van der Waals surface area (Å²) in [6.07, 6.45) is -4.46. The van der Waals surface area contributed by atoms with Gasteiger partial charge in [-0.25, -0.2) is 4.98 Å². The molecule has 0 unspecified atom stereocenters. The molecule has 0 fully saturated rings. The van der Waals surface area contributed by atoms with Crippen molar-refractivity contribution in [3.05, 3.63) is 65.2 Å². The molecule has 0 atom stereocenters. The summed E-state index contributed by atoms with van der Waals surface area (Å²) in [5.41, 5.74) is 0.600. The van der Waals surface area contributed by atoms with Gasteiger partial charge in [-0.1, -0.05) is 12.1 Å². The Morgan fingerprint density at radius 2 is 1.73 bits per heavy atom. The van der Waals surface area contributed by atoms with E-state index in [2.05, 4.69) is 15.6 Å². The normalized spacial score (nSPS) is 11.2. The molecule has 1 heterocycles. The lowest BCUT2D eigenvalue weighted by Gasteiger charge is -2.07. The van der Waals surface area contributed by atoms with Crippen molar-refractivity contribution in [3.63, 3.8) is 0 Å². The summed E-state index contributed by atoms with van der Waals surface area (Å²) in [6, 6.07) is 11.2. The zero-order valence-electron chi connectivity index (χ0n) is 15.6. The Kier molecular flexibility index (Phi) is 6.48. The first-order valence-electron chi connectivity index (χ1n) is 8.59. The third kappa shape index (κ3) is 5.43. The van der Waals surface area contributed by atoms with E-state index in [4.69, 9.17) is 4.74 Å². The summed E-state index contributed by atoms with van der Waals surface area (Å²) >= 11 is 1.08. The summed E-state index contributed by atoms with van der Waals surface area (Å²) < 4.78 is 43.4. The van der Waals surface area contributed by atoms with Crippen LogP contribution in [0.4, 0.5) is 24.5 Å². The van der Waals surface area contributed by atoms with Crippen molar-refractivity contribution in [2.75, 3.05) is 24.4 Å². The van der Waals surface area contributed by atoms with Gasteiger partial charge in [0.1, 0.15) is 17.3 Å². The average Bonchev–Trinajstić information content (AvgIpc) is 3.20. The quantitative estimate of drug-likeness (QED) is 0.590. The van der Waals surface area contributed by atoms with E-state index < -0.39 is 17.6 Å². The Labute approximate surface area is 173 Å². The maximum absolute atomic E-state index is 12.9. The average molecular weight is 435 g/mol. The van der Waals surface area contributed by atoms with Crippen LogP contribution in [0.1, 0.15) is 16.1 Å². The van der Waals surface area contributed by atoms with E-state index >= 15 is 0 Å². The van der Waals surface area contributed by atoms with E-state index in [0.717, 1.165) is 23.5 Å². The molecule has 0 saturated carbocycles. The number of nitrogens with zero attached hydrogens (tertiary/aromatic N) is 1. The number of amides is 2. The monoisotopic (exact) mass is 435 g/mol. The van der Waals surface area contributed by atoms with Crippen LogP contribution in [0.3, 0.4) is 0 Å². The molecule has 3 aromatic rings. The smallest absolute Gasteiger partial charge is 0.375 e. The molecule has 0 bridgehead atoms. The Hall–Kier alpha value is -3.24. The highest BCUT2D eigenvalue weighted by Gasteiger charge is 2.30. The van der Waals surface area contributed by atoms with E-state index in [1.165, 1.54) is 24.6 Å². The molecule has 2 aromatic carbocycles. The number of anilines is 2. The third-order valence-corrected chi connectivity index (χ3v) is 4.77. The lowest BCUT2D eigenvalue weighted by molar-refractivity contribution is -0.137. The first kappa shape index (κ1) is 21.5. The number of ether oxygens (including phenoxy) is 1. The molecule has 0 aliphatic rings. The van der Waals surface area contributed by atoms with Crippen molar-refractivity contribution in [1.82, 2.24) is 4.98 Å². The van der Waals surface area contributed by atoms with Crippen LogP contribution in [0.25, 0.3) is 10.6 Å². The second-order valence-corrected chi connectivity index (χ2v) is 6.99. The number of nitrogens with one attached hydrogen (secondary N) is 2. The number of aromatic nitrogens is 1. The van der Waals surface area contributed by atoms with Crippen molar-refractivity contribution in [2.45, 2.75) is 6.18 Å². The number of methoxy groups -OCH3 is 1. The summed E-state index contributed by atoms with van der Waals surface area (Å²) in [6.45, 7) is -0.0729. The minimum Gasteiger partial charge on any atom is -0.375 e. The molecule has 1 aromatic heterocycles. The summed E-state index contributed by atoms with van der Waals surface area (Å²) in [5.74, 6) is -0.806. The third-order valence-electron chi connectivity index (χ3n) is 3.88. The van der Waals surface area contributed by atoms with Crippen LogP contribution >= 0.6 is 11.3 Å². The predicted octanol–water partition coefficient (Wildman–Crippen LogP) is 4.67. The summed E-state index contributed by atoms with van der Waals surface area (Å²) in [4.78, 5) is 28.0. The topological polar surface area (TPSA) is 80.3 Å². The molecule has 3 rings (SSSR count). The van der Waals surface area contributed by atoms with Gasteiger partial charge >= 0.3 is 6.18 Å². The van der Waals surface area contributed by atoms with Crippen LogP contribution in [0.2, 0.25) is 0 Å². The molecular weight excluding hydrogens is 419 g/mol. The van der Waals surface area contributed by atoms with Crippen LogP contribution in [-0.4, -0.2) is 30.5 Å². The van der Waals surface area contributed by atoms with E-state index in [9.17, 15) is 22.8 Å². The number of carbonyl (C=O) groups excluding carboxylic acids is 2. The molecule has 10 heteroatoms. The van der Waals surface area contributed by atoms with Crippen LogP contribution in [-0.2, 0) is 15.7 Å². The zero-order valence-corrected chi connectivity index (χ0v) is 16.4. The van der Waals surface area contributed by atoms with Gasteiger partial charge < -0.3 is 15.4 Å². The fraction of sp³-hybridized carbons (Fsp3) is 0.150. The molecule has 0 aliphatic carbocycles. The van der Waals surface area contributed by atoms with E-state index in [1.807, 2.05) is 0 Å². The number of alkyl halides is 3. The van der Waals surface area contributed by atoms with Crippen molar-refractivity contribution < 1.29 is 27.5 Å². The van der Waals surface area contributed by atoms with Gasteiger partial charge in [0.05, 0.1) is 5.56 Å². The van der Waals surface area contributed by atoms with E-state index in [1.54, 1.807) is 24.3 Å². The number of carbonyl (C=O) groups is 2. The predicted molar refractivity (Wildman–Crippen MR) is 107 cm³/mol. The Bertz CT molecular complexity index is 1050.